The molecule has 2 aromatic carbocycles. The molecule has 1 aliphatic carbocycles. The van der Waals surface area contributed by atoms with E-state index >= 15 is 4.39 Å². The topological polar surface area (TPSA) is 111 Å². The first-order chi connectivity index (χ1) is 19.9. The van der Waals surface area contributed by atoms with Crippen molar-refractivity contribution in [3.8, 4) is 11.1 Å². The molecule has 2 aliphatic heterocycles. The Hall–Kier alpha value is -3.09. The van der Waals surface area contributed by atoms with Gasteiger partial charge in [0.15, 0.2) is 0 Å². The number of quaternary nitrogens is 1. The molecule has 6 rings (SSSR count). The second-order valence-electron chi connectivity index (χ2n) is 11.2. The minimum atomic E-state index is -2.90. The smallest absolute Gasteiger partial charge is 0.281 e. The number of amides is 1. The van der Waals surface area contributed by atoms with Gasteiger partial charge in [-0.05, 0) is 60.4 Å². The summed E-state index contributed by atoms with van der Waals surface area (Å²) in [6, 6.07) is 11.3. The van der Waals surface area contributed by atoms with Crippen LogP contribution in [0.4, 0.5) is 4.39 Å². The maximum atomic E-state index is 17.9. The first kappa shape index (κ1) is 29.0. The van der Waals surface area contributed by atoms with Crippen molar-refractivity contribution in [2.45, 2.75) is 43.3 Å². The van der Waals surface area contributed by atoms with Crippen LogP contribution < -0.4 is 0 Å². The second kappa shape index (κ2) is 10.6. The van der Waals surface area contributed by atoms with Crippen LogP contribution in [0.25, 0.3) is 11.1 Å². The maximum absolute atomic E-state index is 17.9. The molecule has 3 atom stereocenters. The van der Waals surface area contributed by atoms with Gasteiger partial charge in [-0.2, -0.15) is 10.2 Å². The van der Waals surface area contributed by atoms with Crippen LogP contribution in [0.2, 0.25) is 5.02 Å². The number of fused-ring (bicyclic) bond motifs is 1. The van der Waals surface area contributed by atoms with Crippen molar-refractivity contribution in [1.29, 1.82) is 0 Å². The van der Waals surface area contributed by atoms with E-state index in [0.29, 0.717) is 39.7 Å². The summed E-state index contributed by atoms with van der Waals surface area (Å²) >= 11 is 12.3. The molecule has 3 aromatic rings. The van der Waals surface area contributed by atoms with Crippen LogP contribution in [0.5, 0.6) is 0 Å². The van der Waals surface area contributed by atoms with Crippen LogP contribution in [0.3, 0.4) is 0 Å². The minimum absolute atomic E-state index is 0.0291. The van der Waals surface area contributed by atoms with Gasteiger partial charge in [-0.3, -0.25) is 14.3 Å². The third kappa shape index (κ3) is 5.28. The third-order valence-corrected chi connectivity index (χ3v) is 8.35. The summed E-state index contributed by atoms with van der Waals surface area (Å²) < 4.78 is 18.6. The van der Waals surface area contributed by atoms with E-state index in [4.69, 9.17) is 28.0 Å². The van der Waals surface area contributed by atoms with Gasteiger partial charge in [0.05, 0.1) is 21.9 Å². The zero-order chi connectivity index (χ0) is 29.9. The van der Waals surface area contributed by atoms with Gasteiger partial charge in [-0.25, -0.2) is 4.39 Å². The molecule has 1 amide bonds. The van der Waals surface area contributed by atoms with Crippen LogP contribution in [0.15, 0.2) is 72.0 Å². The van der Waals surface area contributed by atoms with E-state index in [2.05, 4.69) is 5.10 Å². The fourth-order valence-corrected chi connectivity index (χ4v) is 5.91. The Morgan fingerprint density at radius 3 is 2.57 bits per heavy atom. The van der Waals surface area contributed by atoms with E-state index in [1.165, 1.54) is 16.9 Å². The highest BCUT2D eigenvalue weighted by molar-refractivity contribution is 6.31. The molecule has 42 heavy (non-hydrogen) atoms. The van der Waals surface area contributed by atoms with Crippen molar-refractivity contribution in [2.75, 3.05) is 13.2 Å². The van der Waals surface area contributed by atoms with Crippen LogP contribution >= 0.6 is 23.2 Å². The summed E-state index contributed by atoms with van der Waals surface area (Å²) in [6.07, 6.45) is 5.17. The van der Waals surface area contributed by atoms with Crippen molar-refractivity contribution in [2.24, 2.45) is 7.05 Å². The molecule has 2 unspecified atom stereocenters. The SMILES string of the molecule is Cn1ccc(CC(O)[C@]2(F)c3c(ccc(C[N+]4([O-])C=C(Cl)C=CC4)c3-c3ccc(Cl)cc3)C(=O)N2OCC2(O)CC2)n1. The number of halogens is 3. The van der Waals surface area contributed by atoms with E-state index in [9.17, 15) is 20.2 Å². The highest BCUT2D eigenvalue weighted by atomic mass is 35.5. The number of aryl methyl sites for hydroxylation is 1. The molecule has 2 N–H and O–H groups in total. The molecule has 9 nitrogen and oxygen atoms in total. The quantitative estimate of drug-likeness (QED) is 0.203. The summed E-state index contributed by atoms with van der Waals surface area (Å²) in [7, 11) is 1.70. The number of nitrogens with zero attached hydrogens (tertiary/aromatic N) is 4. The third-order valence-electron chi connectivity index (χ3n) is 7.88. The van der Waals surface area contributed by atoms with Gasteiger partial charge in [0, 0.05) is 35.8 Å². The molecule has 1 fully saturated rings. The lowest BCUT2D eigenvalue weighted by Crippen LogP contribution is -2.50. The average molecular weight is 615 g/mol. The summed E-state index contributed by atoms with van der Waals surface area (Å²) in [6.45, 7) is -0.357. The van der Waals surface area contributed by atoms with Gasteiger partial charge >= 0.3 is 0 Å². The number of hydrogen-bond donors (Lipinski definition) is 2. The molecule has 0 bridgehead atoms. The Morgan fingerprint density at radius 1 is 1.19 bits per heavy atom. The molecule has 3 aliphatic rings. The Bertz CT molecular complexity index is 1610. The Morgan fingerprint density at radius 2 is 1.93 bits per heavy atom. The number of hydrogen-bond acceptors (Lipinski definition) is 6. The number of benzene rings is 2. The number of carbonyl (C=O) groups is 1. The van der Waals surface area contributed by atoms with Gasteiger partial charge in [-0.1, -0.05) is 41.4 Å². The number of carbonyl (C=O) groups excluding carboxylic acids is 1. The fourth-order valence-electron chi connectivity index (χ4n) is 5.52. The standard InChI is InChI=1S/C30H29Cl2FN4O5/c1-35-13-10-23(34-35)15-25(38)30(33)27-24(28(39)36(30)42-18-29(40)11-12-29)9-6-20(16-37(41)14-2-3-22(32)17-37)26(27)19-4-7-21(31)8-5-19/h2-10,13,17,25,38,40H,11-12,14-16,18H2,1H3/t25?,30-,37?/m1/s1. The molecular weight excluding hydrogens is 586 g/mol. The van der Waals surface area contributed by atoms with Gasteiger partial charge in [0.25, 0.3) is 11.7 Å². The monoisotopic (exact) mass is 614 g/mol. The first-order valence-electron chi connectivity index (χ1n) is 13.5. The summed E-state index contributed by atoms with van der Waals surface area (Å²) in [5, 5.41) is 41.3. The molecular formula is C30H29Cl2FN4O5. The summed E-state index contributed by atoms with van der Waals surface area (Å²) in [4.78, 5) is 19.5. The van der Waals surface area contributed by atoms with E-state index in [1.54, 1.807) is 61.8 Å². The number of rotatable bonds is 9. The van der Waals surface area contributed by atoms with Crippen LogP contribution in [-0.4, -0.2) is 60.5 Å². The zero-order valence-electron chi connectivity index (χ0n) is 22.7. The molecule has 0 radical (unpaired) electrons. The van der Waals surface area contributed by atoms with Crippen molar-refractivity contribution in [3.05, 3.63) is 105 Å². The highest BCUT2D eigenvalue weighted by Crippen LogP contribution is 2.51. The van der Waals surface area contributed by atoms with Crippen LogP contribution in [-0.2, 0) is 30.6 Å². The van der Waals surface area contributed by atoms with Gasteiger partial charge < -0.3 is 20.1 Å². The number of aliphatic hydroxyl groups excluding tert-OH is 1. The van der Waals surface area contributed by atoms with Crippen molar-refractivity contribution >= 4 is 29.1 Å². The Balaban J connectivity index is 1.53. The zero-order valence-corrected chi connectivity index (χ0v) is 24.2. The summed E-state index contributed by atoms with van der Waals surface area (Å²) in [5.74, 6) is -3.71. The molecule has 1 saturated carbocycles. The van der Waals surface area contributed by atoms with E-state index in [-0.39, 0.29) is 47.8 Å². The van der Waals surface area contributed by atoms with E-state index in [1.807, 2.05) is 0 Å². The Kier molecular flexibility index (Phi) is 7.30. The average Bonchev–Trinajstić information content (AvgIpc) is 3.46. The predicted molar refractivity (Wildman–Crippen MR) is 154 cm³/mol. The van der Waals surface area contributed by atoms with E-state index < -0.39 is 28.1 Å². The fraction of sp³-hybridized carbons (Fsp3) is 0.333. The molecule has 12 heteroatoms. The van der Waals surface area contributed by atoms with Gasteiger partial charge in [0.2, 0.25) is 0 Å². The van der Waals surface area contributed by atoms with Crippen molar-refractivity contribution in [1.82, 2.24) is 14.8 Å². The van der Waals surface area contributed by atoms with Gasteiger partial charge in [0.1, 0.15) is 32.0 Å². The molecule has 220 valence electrons. The lowest BCUT2D eigenvalue weighted by molar-refractivity contribution is -0.837. The minimum Gasteiger partial charge on any atom is -0.627 e. The number of allylic oxidation sites excluding steroid dienone is 2. The number of aromatic nitrogens is 2. The molecule has 1 aromatic heterocycles. The molecule has 3 heterocycles. The largest absolute Gasteiger partial charge is 0.627 e. The number of alkyl halides is 1. The maximum Gasteiger partial charge on any atom is 0.281 e. The lowest BCUT2D eigenvalue weighted by atomic mass is 9.85. The number of hydroxylamine groups is 5. The second-order valence-corrected chi connectivity index (χ2v) is 12.1. The first-order valence-corrected chi connectivity index (χ1v) is 14.3. The van der Waals surface area contributed by atoms with E-state index in [0.717, 1.165) is 0 Å². The highest BCUT2D eigenvalue weighted by Gasteiger charge is 2.59. The van der Waals surface area contributed by atoms with Crippen molar-refractivity contribution in [3.63, 3.8) is 0 Å². The summed E-state index contributed by atoms with van der Waals surface area (Å²) in [5.41, 5.74) is 0.262. The van der Waals surface area contributed by atoms with Crippen LogP contribution in [0.1, 0.15) is 40.0 Å². The van der Waals surface area contributed by atoms with Gasteiger partial charge in [-0.15, -0.1) is 0 Å². The molecule has 0 spiro atoms. The van der Waals surface area contributed by atoms with Crippen molar-refractivity contribution < 1.29 is 28.9 Å². The lowest BCUT2D eigenvalue weighted by Gasteiger charge is -2.40. The Labute approximate surface area is 251 Å². The normalized spacial score (nSPS) is 25.0. The van der Waals surface area contributed by atoms with Crippen LogP contribution in [0, 0.1) is 5.21 Å². The molecule has 0 saturated heterocycles. The predicted octanol–water partition coefficient (Wildman–Crippen LogP) is 4.84. The number of aliphatic hydroxyl groups is 2.